The second-order valence-corrected chi connectivity index (χ2v) is 4.54. The van der Waals surface area contributed by atoms with E-state index >= 15 is 0 Å². The predicted molar refractivity (Wildman–Crippen MR) is 66.9 cm³/mol. The van der Waals surface area contributed by atoms with Crippen LogP contribution >= 0.6 is 22.9 Å². The van der Waals surface area contributed by atoms with Crippen molar-refractivity contribution in [3.63, 3.8) is 0 Å². The summed E-state index contributed by atoms with van der Waals surface area (Å²) in [7, 11) is 0. The molecule has 0 saturated carbocycles. The largest absolute Gasteiger partial charge is 0.348 e. The maximum Gasteiger partial charge on any atom is 0.252 e. The van der Waals surface area contributed by atoms with Gasteiger partial charge in [-0.25, -0.2) is 0 Å². The van der Waals surface area contributed by atoms with Crippen LogP contribution in [0.4, 0.5) is 0 Å². The molecular weight excluding hydrogens is 242 g/mol. The lowest BCUT2D eigenvalue weighted by molar-refractivity contribution is 0.0951. The first-order valence-electron chi connectivity index (χ1n) is 4.80. The molecule has 0 radical (unpaired) electrons. The molecule has 0 atom stereocenters. The van der Waals surface area contributed by atoms with E-state index in [0.29, 0.717) is 17.1 Å². The maximum atomic E-state index is 11.6. The monoisotopic (exact) mass is 251 g/mol. The van der Waals surface area contributed by atoms with E-state index in [2.05, 4.69) is 5.32 Å². The number of hydrogen-bond acceptors (Lipinski definition) is 2. The van der Waals surface area contributed by atoms with Crippen LogP contribution in [0.2, 0.25) is 5.02 Å². The van der Waals surface area contributed by atoms with Gasteiger partial charge in [0.05, 0.1) is 0 Å². The van der Waals surface area contributed by atoms with Gasteiger partial charge in [-0.1, -0.05) is 23.7 Å². The zero-order chi connectivity index (χ0) is 11.4. The van der Waals surface area contributed by atoms with Crippen LogP contribution in [-0.2, 0) is 6.54 Å². The van der Waals surface area contributed by atoms with Crippen molar-refractivity contribution in [2.45, 2.75) is 6.54 Å². The van der Waals surface area contributed by atoms with Gasteiger partial charge >= 0.3 is 0 Å². The average Bonchev–Trinajstić information content (AvgIpc) is 2.79. The fourth-order valence-electron chi connectivity index (χ4n) is 1.32. The summed E-state index contributed by atoms with van der Waals surface area (Å²) < 4.78 is 0. The van der Waals surface area contributed by atoms with E-state index in [1.54, 1.807) is 6.07 Å². The van der Waals surface area contributed by atoms with Gasteiger partial charge in [0.15, 0.2) is 0 Å². The second-order valence-electron chi connectivity index (χ2n) is 3.32. The summed E-state index contributed by atoms with van der Waals surface area (Å²) in [5.74, 6) is -0.0544. The smallest absolute Gasteiger partial charge is 0.252 e. The molecule has 2 aromatic rings. The number of thiophene rings is 1. The minimum absolute atomic E-state index is 0.0544. The van der Waals surface area contributed by atoms with E-state index in [0.717, 1.165) is 5.56 Å². The standard InChI is InChI=1S/C12H10ClNOS/c13-11-3-1-2-9(6-11)7-14-12(15)10-4-5-16-8-10/h1-6,8H,7H2,(H,14,15). The van der Waals surface area contributed by atoms with Crippen LogP contribution in [0.15, 0.2) is 41.1 Å². The SMILES string of the molecule is O=C(NCc1cccc(Cl)c1)c1ccsc1. The summed E-state index contributed by atoms with van der Waals surface area (Å²) in [5, 5.41) is 7.23. The Balaban J connectivity index is 1.95. The minimum Gasteiger partial charge on any atom is -0.348 e. The van der Waals surface area contributed by atoms with Gasteiger partial charge in [-0.15, -0.1) is 0 Å². The third-order valence-corrected chi connectivity index (χ3v) is 3.04. The molecule has 0 unspecified atom stereocenters. The van der Waals surface area contributed by atoms with Crippen LogP contribution in [0.5, 0.6) is 0 Å². The summed E-state index contributed by atoms with van der Waals surface area (Å²) in [6, 6.07) is 9.26. The second kappa shape index (κ2) is 5.14. The quantitative estimate of drug-likeness (QED) is 0.891. The Morgan fingerprint density at radius 2 is 2.25 bits per heavy atom. The van der Waals surface area contributed by atoms with Crippen molar-refractivity contribution in [2.75, 3.05) is 0 Å². The average molecular weight is 252 g/mol. The molecule has 4 heteroatoms. The van der Waals surface area contributed by atoms with Crippen LogP contribution in [0.25, 0.3) is 0 Å². The number of hydrogen-bond donors (Lipinski definition) is 1. The first-order chi connectivity index (χ1) is 7.75. The molecule has 0 aliphatic carbocycles. The number of rotatable bonds is 3. The summed E-state index contributed by atoms with van der Waals surface area (Å²) in [4.78, 5) is 11.6. The van der Waals surface area contributed by atoms with Gasteiger partial charge in [0.25, 0.3) is 5.91 Å². The number of benzene rings is 1. The lowest BCUT2D eigenvalue weighted by Crippen LogP contribution is -2.22. The van der Waals surface area contributed by atoms with Crippen molar-refractivity contribution in [1.82, 2.24) is 5.32 Å². The maximum absolute atomic E-state index is 11.6. The van der Waals surface area contributed by atoms with Crippen molar-refractivity contribution in [2.24, 2.45) is 0 Å². The number of amides is 1. The summed E-state index contributed by atoms with van der Waals surface area (Å²) in [6.07, 6.45) is 0. The van der Waals surface area contributed by atoms with Gasteiger partial charge in [0, 0.05) is 22.5 Å². The number of carbonyl (C=O) groups excluding carboxylic acids is 1. The van der Waals surface area contributed by atoms with Crippen LogP contribution in [-0.4, -0.2) is 5.91 Å². The molecule has 1 amide bonds. The molecule has 0 aliphatic heterocycles. The highest BCUT2D eigenvalue weighted by atomic mass is 35.5. The Kier molecular flexibility index (Phi) is 3.59. The third kappa shape index (κ3) is 2.84. The van der Waals surface area contributed by atoms with Crippen molar-refractivity contribution in [3.8, 4) is 0 Å². The Labute approximate surface area is 103 Å². The van der Waals surface area contributed by atoms with Crippen molar-refractivity contribution in [1.29, 1.82) is 0 Å². The number of halogens is 1. The number of carbonyl (C=O) groups is 1. The molecular formula is C12H10ClNOS. The fourth-order valence-corrected chi connectivity index (χ4v) is 2.17. The molecule has 1 aromatic carbocycles. The zero-order valence-corrected chi connectivity index (χ0v) is 10.0. The van der Waals surface area contributed by atoms with E-state index < -0.39 is 0 Å². The normalized spacial score (nSPS) is 10.1. The van der Waals surface area contributed by atoms with Gasteiger partial charge in [-0.2, -0.15) is 11.3 Å². The molecule has 0 spiro atoms. The van der Waals surface area contributed by atoms with E-state index in [9.17, 15) is 4.79 Å². The zero-order valence-electron chi connectivity index (χ0n) is 8.44. The first kappa shape index (κ1) is 11.2. The van der Waals surface area contributed by atoms with Gasteiger partial charge in [0.2, 0.25) is 0 Å². The highest BCUT2D eigenvalue weighted by Crippen LogP contribution is 2.11. The molecule has 0 aliphatic rings. The Morgan fingerprint density at radius 3 is 2.94 bits per heavy atom. The molecule has 2 nitrogen and oxygen atoms in total. The topological polar surface area (TPSA) is 29.1 Å². The van der Waals surface area contributed by atoms with E-state index in [4.69, 9.17) is 11.6 Å². The molecule has 82 valence electrons. The van der Waals surface area contributed by atoms with E-state index in [1.807, 2.05) is 35.0 Å². The molecule has 1 aromatic heterocycles. The predicted octanol–water partition coefficient (Wildman–Crippen LogP) is 3.33. The number of nitrogens with one attached hydrogen (secondary N) is 1. The highest BCUT2D eigenvalue weighted by Gasteiger charge is 2.04. The minimum atomic E-state index is -0.0544. The Morgan fingerprint density at radius 1 is 1.38 bits per heavy atom. The van der Waals surface area contributed by atoms with Crippen LogP contribution in [0.3, 0.4) is 0 Å². The molecule has 1 N–H and O–H groups in total. The summed E-state index contributed by atoms with van der Waals surface area (Å²) in [6.45, 7) is 0.495. The van der Waals surface area contributed by atoms with Crippen molar-refractivity contribution < 1.29 is 4.79 Å². The lowest BCUT2D eigenvalue weighted by Gasteiger charge is -2.04. The van der Waals surface area contributed by atoms with Gasteiger partial charge in [-0.05, 0) is 29.1 Å². The van der Waals surface area contributed by atoms with Crippen LogP contribution in [0.1, 0.15) is 15.9 Å². The fraction of sp³-hybridized carbons (Fsp3) is 0.0833. The Bertz CT molecular complexity index is 482. The molecule has 0 saturated heterocycles. The highest BCUT2D eigenvalue weighted by molar-refractivity contribution is 7.08. The third-order valence-electron chi connectivity index (χ3n) is 2.13. The van der Waals surface area contributed by atoms with Crippen LogP contribution in [0, 0.1) is 0 Å². The lowest BCUT2D eigenvalue weighted by atomic mass is 10.2. The summed E-state index contributed by atoms with van der Waals surface area (Å²) in [5.41, 5.74) is 1.70. The molecule has 2 rings (SSSR count). The van der Waals surface area contributed by atoms with Gasteiger partial charge < -0.3 is 5.32 Å². The van der Waals surface area contributed by atoms with Gasteiger partial charge in [-0.3, -0.25) is 4.79 Å². The molecule has 0 bridgehead atoms. The molecule has 0 fully saturated rings. The van der Waals surface area contributed by atoms with Crippen LogP contribution < -0.4 is 5.32 Å². The van der Waals surface area contributed by atoms with Gasteiger partial charge in [0.1, 0.15) is 0 Å². The summed E-state index contributed by atoms with van der Waals surface area (Å²) >= 11 is 7.36. The van der Waals surface area contributed by atoms with E-state index in [1.165, 1.54) is 11.3 Å². The molecule has 16 heavy (non-hydrogen) atoms. The van der Waals surface area contributed by atoms with E-state index in [-0.39, 0.29) is 5.91 Å². The van der Waals surface area contributed by atoms with Crippen molar-refractivity contribution >= 4 is 28.8 Å². The Hall–Kier alpha value is -1.32. The molecule has 1 heterocycles. The van der Waals surface area contributed by atoms with Crippen molar-refractivity contribution in [3.05, 3.63) is 57.2 Å². The first-order valence-corrected chi connectivity index (χ1v) is 6.12.